The maximum Gasteiger partial charge on any atom is 0.243 e. The molecule has 0 saturated heterocycles. The Balaban J connectivity index is 1.37. The third-order valence-corrected chi connectivity index (χ3v) is 5.23. The summed E-state index contributed by atoms with van der Waals surface area (Å²) in [5.41, 5.74) is 4.15. The van der Waals surface area contributed by atoms with Crippen molar-refractivity contribution in [3.05, 3.63) is 65.7 Å². The van der Waals surface area contributed by atoms with Gasteiger partial charge in [0.1, 0.15) is 0 Å². The van der Waals surface area contributed by atoms with Gasteiger partial charge < -0.3 is 4.90 Å². The zero-order chi connectivity index (χ0) is 18.8. The lowest BCUT2D eigenvalue weighted by Gasteiger charge is -2.23. The molecule has 2 amide bonds. The fourth-order valence-electron chi connectivity index (χ4n) is 3.88. The fourth-order valence-corrected chi connectivity index (χ4v) is 3.88. The molecule has 5 nitrogen and oxygen atoms in total. The van der Waals surface area contributed by atoms with Crippen molar-refractivity contribution >= 4 is 23.2 Å². The van der Waals surface area contributed by atoms with E-state index in [0.717, 1.165) is 29.8 Å². The average Bonchev–Trinajstić information content (AvgIpc) is 3.30. The minimum Gasteiger partial charge on any atom is -0.309 e. The van der Waals surface area contributed by atoms with Crippen molar-refractivity contribution < 1.29 is 9.59 Å². The van der Waals surface area contributed by atoms with E-state index in [-0.39, 0.29) is 30.7 Å². The third kappa shape index (κ3) is 3.50. The SMILES string of the molecule is CC1Cc2ccccc2N1C(=O)CCC(=O)N1CCC(c2ccccc2)=N1. The molecule has 0 bridgehead atoms. The number of carbonyl (C=O) groups is 2. The molecule has 1 unspecified atom stereocenters. The van der Waals surface area contributed by atoms with Crippen molar-refractivity contribution in [2.45, 2.75) is 38.6 Å². The summed E-state index contributed by atoms with van der Waals surface area (Å²) in [7, 11) is 0. The largest absolute Gasteiger partial charge is 0.309 e. The number of hydrazone groups is 1. The summed E-state index contributed by atoms with van der Waals surface area (Å²) in [5, 5.41) is 5.97. The number of carbonyl (C=O) groups excluding carboxylic acids is 2. The lowest BCUT2D eigenvalue weighted by atomic mass is 10.1. The lowest BCUT2D eigenvalue weighted by Crippen LogP contribution is -2.36. The van der Waals surface area contributed by atoms with Crippen molar-refractivity contribution in [1.82, 2.24) is 5.01 Å². The van der Waals surface area contributed by atoms with Gasteiger partial charge in [0.2, 0.25) is 11.8 Å². The molecule has 2 aliphatic rings. The normalized spacial score (nSPS) is 18.4. The fraction of sp³-hybridized carbons (Fsp3) is 0.318. The van der Waals surface area contributed by atoms with Crippen LogP contribution in [-0.2, 0) is 16.0 Å². The number of para-hydroxylation sites is 1. The molecule has 138 valence electrons. The van der Waals surface area contributed by atoms with E-state index in [2.05, 4.69) is 18.1 Å². The first-order valence-electron chi connectivity index (χ1n) is 9.46. The topological polar surface area (TPSA) is 53.0 Å². The molecule has 4 rings (SSSR count). The molecule has 2 aromatic carbocycles. The van der Waals surface area contributed by atoms with Crippen LogP contribution in [0.25, 0.3) is 0 Å². The van der Waals surface area contributed by atoms with Crippen LogP contribution in [0.4, 0.5) is 5.69 Å². The highest BCUT2D eigenvalue weighted by atomic mass is 16.2. The Labute approximate surface area is 159 Å². The van der Waals surface area contributed by atoms with Crippen molar-refractivity contribution in [1.29, 1.82) is 0 Å². The zero-order valence-corrected chi connectivity index (χ0v) is 15.5. The number of fused-ring (bicyclic) bond motifs is 1. The van der Waals surface area contributed by atoms with Gasteiger partial charge in [-0.3, -0.25) is 9.59 Å². The standard InChI is InChI=1S/C22H23N3O2/c1-16-15-18-9-5-6-10-20(18)25(16)22(27)12-11-21(26)24-14-13-19(23-24)17-7-3-2-4-8-17/h2-10,16H,11-15H2,1H3. The van der Waals surface area contributed by atoms with Crippen LogP contribution in [0.3, 0.4) is 0 Å². The molecule has 1 atom stereocenters. The first kappa shape index (κ1) is 17.5. The van der Waals surface area contributed by atoms with Gasteiger partial charge >= 0.3 is 0 Å². The maximum absolute atomic E-state index is 12.7. The van der Waals surface area contributed by atoms with Gasteiger partial charge in [0, 0.05) is 31.0 Å². The minimum absolute atomic E-state index is 0.00672. The van der Waals surface area contributed by atoms with E-state index in [9.17, 15) is 9.59 Å². The predicted octanol–water partition coefficient (Wildman–Crippen LogP) is 3.38. The second kappa shape index (κ2) is 7.35. The van der Waals surface area contributed by atoms with Gasteiger partial charge in [0.15, 0.2) is 0 Å². The Morgan fingerprint density at radius 1 is 1.00 bits per heavy atom. The second-order valence-corrected chi connectivity index (χ2v) is 7.13. The van der Waals surface area contributed by atoms with Crippen LogP contribution in [-0.4, -0.2) is 35.1 Å². The molecule has 2 aliphatic heterocycles. The first-order valence-corrected chi connectivity index (χ1v) is 9.46. The highest BCUT2D eigenvalue weighted by molar-refractivity contribution is 6.03. The monoisotopic (exact) mass is 361 g/mol. The van der Waals surface area contributed by atoms with E-state index >= 15 is 0 Å². The number of benzene rings is 2. The summed E-state index contributed by atoms with van der Waals surface area (Å²) < 4.78 is 0. The second-order valence-electron chi connectivity index (χ2n) is 7.13. The lowest BCUT2D eigenvalue weighted by molar-refractivity contribution is -0.132. The minimum atomic E-state index is -0.0885. The predicted molar refractivity (Wildman–Crippen MR) is 106 cm³/mol. The van der Waals surface area contributed by atoms with E-state index in [1.165, 1.54) is 10.6 Å². The van der Waals surface area contributed by atoms with Crippen LogP contribution >= 0.6 is 0 Å². The number of anilines is 1. The molecule has 0 saturated carbocycles. The van der Waals surface area contributed by atoms with Crippen molar-refractivity contribution in [3.63, 3.8) is 0 Å². The molecule has 27 heavy (non-hydrogen) atoms. The Morgan fingerprint density at radius 2 is 1.70 bits per heavy atom. The number of nitrogens with zero attached hydrogens (tertiary/aromatic N) is 3. The smallest absolute Gasteiger partial charge is 0.243 e. The Morgan fingerprint density at radius 3 is 2.52 bits per heavy atom. The molecule has 0 fully saturated rings. The maximum atomic E-state index is 12.7. The molecule has 0 aromatic heterocycles. The van der Waals surface area contributed by atoms with Gasteiger partial charge in [-0.25, -0.2) is 5.01 Å². The van der Waals surface area contributed by atoms with Crippen LogP contribution in [0.15, 0.2) is 59.7 Å². The molecule has 2 heterocycles. The number of amides is 2. The van der Waals surface area contributed by atoms with E-state index in [0.29, 0.717) is 6.54 Å². The average molecular weight is 361 g/mol. The van der Waals surface area contributed by atoms with E-state index < -0.39 is 0 Å². The number of rotatable bonds is 4. The van der Waals surface area contributed by atoms with E-state index in [1.54, 1.807) is 0 Å². The number of hydrogen-bond acceptors (Lipinski definition) is 3. The molecule has 0 radical (unpaired) electrons. The first-order chi connectivity index (χ1) is 13.1. The molecule has 0 spiro atoms. The molecule has 0 aliphatic carbocycles. The molecular formula is C22H23N3O2. The van der Waals surface area contributed by atoms with Gasteiger partial charge in [-0.1, -0.05) is 48.5 Å². The summed E-state index contributed by atoms with van der Waals surface area (Å²) in [6.45, 7) is 2.64. The quantitative estimate of drug-likeness (QED) is 0.838. The molecule has 2 aromatic rings. The summed E-state index contributed by atoms with van der Waals surface area (Å²) in [5.74, 6) is -0.0818. The highest BCUT2D eigenvalue weighted by Crippen LogP contribution is 2.32. The van der Waals surface area contributed by atoms with Crippen molar-refractivity contribution in [3.8, 4) is 0 Å². The molecule has 0 N–H and O–H groups in total. The van der Waals surface area contributed by atoms with Crippen LogP contribution in [0, 0.1) is 0 Å². The molecule has 5 heteroatoms. The Hall–Kier alpha value is -2.95. The zero-order valence-electron chi connectivity index (χ0n) is 15.5. The highest BCUT2D eigenvalue weighted by Gasteiger charge is 2.31. The summed E-state index contributed by atoms with van der Waals surface area (Å²) in [6, 6.07) is 18.0. The molecular weight excluding hydrogens is 338 g/mol. The van der Waals surface area contributed by atoms with Crippen LogP contribution < -0.4 is 4.90 Å². The third-order valence-electron chi connectivity index (χ3n) is 5.23. The van der Waals surface area contributed by atoms with Gasteiger partial charge in [-0.15, -0.1) is 0 Å². The van der Waals surface area contributed by atoms with Crippen LogP contribution in [0.2, 0.25) is 0 Å². The summed E-state index contributed by atoms with van der Waals surface area (Å²) in [4.78, 5) is 27.1. The number of hydrogen-bond donors (Lipinski definition) is 0. The van der Waals surface area contributed by atoms with Crippen LogP contribution in [0.1, 0.15) is 37.3 Å². The van der Waals surface area contributed by atoms with Gasteiger partial charge in [0.05, 0.1) is 12.3 Å². The van der Waals surface area contributed by atoms with Gasteiger partial charge in [0.25, 0.3) is 0 Å². The van der Waals surface area contributed by atoms with E-state index in [4.69, 9.17) is 0 Å². The van der Waals surface area contributed by atoms with E-state index in [1.807, 2.05) is 53.4 Å². The summed E-state index contributed by atoms with van der Waals surface area (Å²) >= 11 is 0. The Kier molecular flexibility index (Phi) is 4.75. The van der Waals surface area contributed by atoms with Gasteiger partial charge in [-0.2, -0.15) is 5.10 Å². The van der Waals surface area contributed by atoms with Gasteiger partial charge in [-0.05, 0) is 30.5 Å². The van der Waals surface area contributed by atoms with Crippen LogP contribution in [0.5, 0.6) is 0 Å². The van der Waals surface area contributed by atoms with Crippen molar-refractivity contribution in [2.24, 2.45) is 5.10 Å². The summed E-state index contributed by atoms with van der Waals surface area (Å²) in [6.07, 6.45) is 2.02. The Bertz CT molecular complexity index is 891. The van der Waals surface area contributed by atoms with Crippen molar-refractivity contribution in [2.75, 3.05) is 11.4 Å².